The Hall–Kier alpha value is -1.49. The molecule has 17 heavy (non-hydrogen) atoms. The Labute approximate surface area is 98.7 Å². The highest BCUT2D eigenvalue weighted by atomic mass is 19.1. The van der Waals surface area contributed by atoms with Gasteiger partial charge in [0.25, 0.3) is 0 Å². The SMILES string of the molecule is CCN(Cc1c(F)cccc1F)C(C)C(=O)O. The second kappa shape index (κ2) is 5.72. The van der Waals surface area contributed by atoms with Gasteiger partial charge in [0.1, 0.15) is 17.7 Å². The molecule has 0 saturated carbocycles. The van der Waals surface area contributed by atoms with Crippen molar-refractivity contribution >= 4 is 5.97 Å². The molecule has 1 atom stereocenters. The smallest absolute Gasteiger partial charge is 0.320 e. The van der Waals surface area contributed by atoms with Crippen LogP contribution in [-0.2, 0) is 11.3 Å². The average molecular weight is 243 g/mol. The van der Waals surface area contributed by atoms with E-state index in [9.17, 15) is 13.6 Å². The van der Waals surface area contributed by atoms with E-state index in [1.807, 2.05) is 0 Å². The number of carboxylic acids is 1. The summed E-state index contributed by atoms with van der Waals surface area (Å²) in [6, 6.07) is 2.83. The lowest BCUT2D eigenvalue weighted by Crippen LogP contribution is -2.38. The fourth-order valence-corrected chi connectivity index (χ4v) is 1.57. The molecule has 0 aliphatic rings. The van der Waals surface area contributed by atoms with Crippen LogP contribution in [0, 0.1) is 11.6 Å². The third-order valence-corrected chi connectivity index (χ3v) is 2.73. The largest absolute Gasteiger partial charge is 0.480 e. The van der Waals surface area contributed by atoms with E-state index in [0.717, 1.165) is 12.1 Å². The molecule has 1 aromatic rings. The van der Waals surface area contributed by atoms with Crippen LogP contribution in [0.5, 0.6) is 0 Å². The number of carbonyl (C=O) groups is 1. The highest BCUT2D eigenvalue weighted by Gasteiger charge is 2.21. The van der Waals surface area contributed by atoms with Crippen LogP contribution in [0.4, 0.5) is 8.78 Å². The third-order valence-electron chi connectivity index (χ3n) is 2.73. The Morgan fingerprint density at radius 3 is 2.35 bits per heavy atom. The van der Waals surface area contributed by atoms with Crippen molar-refractivity contribution < 1.29 is 18.7 Å². The van der Waals surface area contributed by atoms with Crippen LogP contribution in [0.3, 0.4) is 0 Å². The predicted molar refractivity (Wildman–Crippen MR) is 59.5 cm³/mol. The lowest BCUT2D eigenvalue weighted by atomic mass is 10.1. The first-order valence-electron chi connectivity index (χ1n) is 5.37. The number of likely N-dealkylation sites (N-methyl/N-ethyl adjacent to an activating group) is 1. The molecule has 3 nitrogen and oxygen atoms in total. The van der Waals surface area contributed by atoms with E-state index >= 15 is 0 Å². The van der Waals surface area contributed by atoms with Crippen LogP contribution in [0.25, 0.3) is 0 Å². The van der Waals surface area contributed by atoms with Gasteiger partial charge >= 0.3 is 5.97 Å². The van der Waals surface area contributed by atoms with Gasteiger partial charge in [-0.05, 0) is 25.6 Å². The monoisotopic (exact) mass is 243 g/mol. The number of aliphatic carboxylic acids is 1. The number of nitrogens with zero attached hydrogens (tertiary/aromatic N) is 1. The van der Waals surface area contributed by atoms with Gasteiger partial charge in [-0.25, -0.2) is 8.78 Å². The number of carboxylic acid groups (broad SMARTS) is 1. The first-order chi connectivity index (χ1) is 7.97. The molecule has 1 aromatic carbocycles. The maximum absolute atomic E-state index is 13.4. The summed E-state index contributed by atoms with van der Waals surface area (Å²) >= 11 is 0. The summed E-state index contributed by atoms with van der Waals surface area (Å²) in [7, 11) is 0. The van der Waals surface area contributed by atoms with Gasteiger partial charge in [-0.15, -0.1) is 0 Å². The molecule has 0 aliphatic heterocycles. The molecule has 0 spiro atoms. The van der Waals surface area contributed by atoms with Crippen LogP contribution in [0.1, 0.15) is 19.4 Å². The van der Waals surface area contributed by atoms with Crippen LogP contribution >= 0.6 is 0 Å². The van der Waals surface area contributed by atoms with Crippen LogP contribution in [0.2, 0.25) is 0 Å². The Morgan fingerprint density at radius 1 is 1.41 bits per heavy atom. The van der Waals surface area contributed by atoms with Gasteiger partial charge in [-0.3, -0.25) is 9.69 Å². The summed E-state index contributed by atoms with van der Waals surface area (Å²) in [6.07, 6.45) is 0. The number of benzene rings is 1. The maximum atomic E-state index is 13.4. The maximum Gasteiger partial charge on any atom is 0.320 e. The van der Waals surface area contributed by atoms with E-state index in [1.54, 1.807) is 6.92 Å². The predicted octanol–water partition coefficient (Wildman–Crippen LogP) is 2.26. The van der Waals surface area contributed by atoms with Crippen molar-refractivity contribution in [1.82, 2.24) is 4.90 Å². The summed E-state index contributed by atoms with van der Waals surface area (Å²) in [5.74, 6) is -2.31. The minimum atomic E-state index is -1.01. The van der Waals surface area contributed by atoms with Crippen LogP contribution in [-0.4, -0.2) is 28.6 Å². The molecule has 0 bridgehead atoms. The summed E-state index contributed by atoms with van der Waals surface area (Å²) in [6.45, 7) is 3.59. The lowest BCUT2D eigenvalue weighted by Gasteiger charge is -2.24. The van der Waals surface area contributed by atoms with Gasteiger partial charge in [0.2, 0.25) is 0 Å². The van der Waals surface area contributed by atoms with E-state index in [2.05, 4.69) is 0 Å². The number of rotatable bonds is 5. The first kappa shape index (κ1) is 13.6. The number of halogens is 2. The number of hydrogen-bond acceptors (Lipinski definition) is 2. The molecule has 1 rings (SSSR count). The molecule has 0 heterocycles. The van der Waals surface area contributed by atoms with Crippen molar-refractivity contribution in [2.24, 2.45) is 0 Å². The fraction of sp³-hybridized carbons (Fsp3) is 0.417. The zero-order valence-electron chi connectivity index (χ0n) is 9.78. The molecule has 0 aromatic heterocycles. The Bertz CT molecular complexity index is 389. The van der Waals surface area contributed by atoms with Gasteiger partial charge < -0.3 is 5.11 Å². The molecule has 1 unspecified atom stereocenters. The minimum Gasteiger partial charge on any atom is -0.480 e. The van der Waals surface area contributed by atoms with Gasteiger partial charge in [-0.1, -0.05) is 13.0 Å². The minimum absolute atomic E-state index is 0.0531. The summed E-state index contributed by atoms with van der Waals surface area (Å²) < 4.78 is 26.8. The van der Waals surface area contributed by atoms with Crippen LogP contribution in [0.15, 0.2) is 18.2 Å². The van der Waals surface area contributed by atoms with Gasteiger partial charge in [-0.2, -0.15) is 0 Å². The van der Waals surface area contributed by atoms with Crippen LogP contribution < -0.4 is 0 Å². The first-order valence-corrected chi connectivity index (χ1v) is 5.37. The summed E-state index contributed by atoms with van der Waals surface area (Å²) in [4.78, 5) is 12.3. The normalized spacial score (nSPS) is 12.8. The molecule has 0 saturated heterocycles. The van der Waals surface area contributed by atoms with Crippen molar-refractivity contribution in [2.45, 2.75) is 26.4 Å². The van der Waals surface area contributed by atoms with Gasteiger partial charge in [0.05, 0.1) is 0 Å². The molecule has 1 N–H and O–H groups in total. The highest BCUT2D eigenvalue weighted by molar-refractivity contribution is 5.72. The third kappa shape index (κ3) is 3.23. The fourth-order valence-electron chi connectivity index (χ4n) is 1.57. The van der Waals surface area contributed by atoms with Crippen molar-refractivity contribution in [3.8, 4) is 0 Å². The van der Waals surface area contributed by atoms with Gasteiger partial charge in [0.15, 0.2) is 0 Å². The second-order valence-corrected chi connectivity index (χ2v) is 3.78. The second-order valence-electron chi connectivity index (χ2n) is 3.78. The van der Waals surface area contributed by atoms with Crippen molar-refractivity contribution in [3.63, 3.8) is 0 Å². The highest BCUT2D eigenvalue weighted by Crippen LogP contribution is 2.16. The van der Waals surface area contributed by atoms with Crippen molar-refractivity contribution in [2.75, 3.05) is 6.54 Å². The Kier molecular flexibility index (Phi) is 4.57. The van der Waals surface area contributed by atoms with Gasteiger partial charge in [0, 0.05) is 12.1 Å². The lowest BCUT2D eigenvalue weighted by molar-refractivity contribution is -0.142. The summed E-state index contributed by atoms with van der Waals surface area (Å²) in [5, 5.41) is 8.87. The molecule has 0 aliphatic carbocycles. The molecule has 0 radical (unpaired) electrons. The average Bonchev–Trinajstić information content (AvgIpc) is 2.28. The molecular formula is C12H15F2NO2. The topological polar surface area (TPSA) is 40.5 Å². The standard InChI is InChI=1S/C12H15F2NO2/c1-3-15(8(2)12(16)17)7-9-10(13)5-4-6-11(9)14/h4-6,8H,3,7H2,1-2H3,(H,16,17). The molecule has 94 valence electrons. The zero-order valence-corrected chi connectivity index (χ0v) is 9.78. The zero-order chi connectivity index (χ0) is 13.0. The van der Waals surface area contributed by atoms with Crippen molar-refractivity contribution in [3.05, 3.63) is 35.4 Å². The van der Waals surface area contributed by atoms with Crippen molar-refractivity contribution in [1.29, 1.82) is 0 Å². The summed E-state index contributed by atoms with van der Waals surface area (Å²) in [5.41, 5.74) is -0.0950. The van der Waals surface area contributed by atoms with E-state index in [4.69, 9.17) is 5.11 Å². The van der Waals surface area contributed by atoms with E-state index < -0.39 is 23.6 Å². The quantitative estimate of drug-likeness (QED) is 0.862. The molecule has 5 heteroatoms. The Balaban J connectivity index is 2.91. The Morgan fingerprint density at radius 2 is 1.94 bits per heavy atom. The molecular weight excluding hydrogens is 228 g/mol. The molecule has 0 fully saturated rings. The van der Waals surface area contributed by atoms with E-state index in [-0.39, 0.29) is 12.1 Å². The molecule has 0 amide bonds. The van der Waals surface area contributed by atoms with E-state index in [0.29, 0.717) is 6.54 Å². The van der Waals surface area contributed by atoms with E-state index in [1.165, 1.54) is 17.9 Å². The number of hydrogen-bond donors (Lipinski definition) is 1.